The van der Waals surface area contributed by atoms with Crippen molar-refractivity contribution >= 4 is 34.6 Å². The minimum absolute atomic E-state index is 0.00282. The Morgan fingerprint density at radius 3 is 1.55 bits per heavy atom. The van der Waals surface area contributed by atoms with Crippen molar-refractivity contribution in [3.63, 3.8) is 0 Å². The lowest BCUT2D eigenvalue weighted by molar-refractivity contribution is -0.385. The highest BCUT2D eigenvalue weighted by Gasteiger charge is 2.37. The van der Waals surface area contributed by atoms with Crippen molar-refractivity contribution in [3.05, 3.63) is 128 Å². The van der Waals surface area contributed by atoms with Crippen LogP contribution in [-0.4, -0.2) is 16.7 Å². The van der Waals surface area contributed by atoms with Crippen LogP contribution in [-0.2, 0) is 25.4 Å². The molecule has 0 bridgehead atoms. The lowest BCUT2D eigenvalue weighted by atomic mass is 10.1. The van der Waals surface area contributed by atoms with Crippen molar-refractivity contribution in [2.24, 2.45) is 0 Å². The zero-order valence-electron chi connectivity index (χ0n) is 22.3. The van der Waals surface area contributed by atoms with Gasteiger partial charge in [0.25, 0.3) is 17.5 Å². The number of nitro groups is 1. The number of fused-ring (bicyclic) bond motifs is 2. The van der Waals surface area contributed by atoms with E-state index < -0.39 is 34.3 Å². The molecule has 0 aromatic heterocycles. The van der Waals surface area contributed by atoms with Crippen molar-refractivity contribution in [1.29, 1.82) is 0 Å². The molecule has 2 amide bonds. The smallest absolute Gasteiger partial charge is 0.398 e. The molecule has 2 aliphatic heterocycles. The fourth-order valence-corrected chi connectivity index (χ4v) is 5.00. The summed E-state index contributed by atoms with van der Waals surface area (Å²) in [6.45, 7) is 0.220. The molecule has 14 heteroatoms. The summed E-state index contributed by atoms with van der Waals surface area (Å²) in [5.74, 6) is -1.05. The van der Waals surface area contributed by atoms with Crippen molar-refractivity contribution < 1.29 is 40.9 Å². The number of carbonyl (C=O) groups is 2. The Labute approximate surface area is 245 Å². The van der Waals surface area contributed by atoms with E-state index in [0.29, 0.717) is 16.8 Å². The van der Waals surface area contributed by atoms with Crippen LogP contribution in [0.15, 0.2) is 84.9 Å². The van der Waals surface area contributed by atoms with Gasteiger partial charge in [0.1, 0.15) is 5.56 Å². The van der Waals surface area contributed by atoms with E-state index >= 15 is 0 Å². The van der Waals surface area contributed by atoms with Gasteiger partial charge in [-0.05, 0) is 53.6 Å². The summed E-state index contributed by atoms with van der Waals surface area (Å²) >= 11 is 0. The van der Waals surface area contributed by atoms with Gasteiger partial charge in [0, 0.05) is 23.1 Å². The number of rotatable bonds is 3. The first kappa shape index (κ1) is 30.1. The minimum Gasteiger partial charge on any atom is -0.398 e. The van der Waals surface area contributed by atoms with Crippen LogP contribution >= 0.6 is 0 Å². The third-order valence-corrected chi connectivity index (χ3v) is 7.05. The van der Waals surface area contributed by atoms with Crippen LogP contribution in [0.5, 0.6) is 0 Å². The van der Waals surface area contributed by atoms with Crippen LogP contribution in [0, 0.1) is 10.1 Å². The van der Waals surface area contributed by atoms with E-state index in [-0.39, 0.29) is 41.6 Å². The van der Waals surface area contributed by atoms with Crippen LogP contribution in [0.4, 0.5) is 49.1 Å². The number of hydrogen-bond donors (Lipinski definition) is 1. The minimum atomic E-state index is -4.53. The summed E-state index contributed by atoms with van der Waals surface area (Å²) in [5.41, 5.74) is 5.81. The molecule has 0 unspecified atom stereocenters. The average Bonchev–Trinajstić information content (AvgIpc) is 3.50. The Morgan fingerprint density at radius 1 is 0.659 bits per heavy atom. The number of nitrogens with zero attached hydrogens (tertiary/aromatic N) is 3. The summed E-state index contributed by atoms with van der Waals surface area (Å²) in [7, 11) is 0. The lowest BCUT2D eigenvalue weighted by Gasteiger charge is -2.17. The summed E-state index contributed by atoms with van der Waals surface area (Å²) in [6, 6.07) is 18.3. The maximum absolute atomic E-state index is 12.8. The maximum atomic E-state index is 12.8. The van der Waals surface area contributed by atoms with E-state index in [4.69, 9.17) is 5.73 Å². The monoisotopic (exact) mass is 614 g/mol. The molecule has 0 atom stereocenters. The predicted octanol–water partition coefficient (Wildman–Crippen LogP) is 7.22. The van der Waals surface area contributed by atoms with Gasteiger partial charge in [0.05, 0.1) is 34.7 Å². The van der Waals surface area contributed by atoms with Crippen LogP contribution in [0.25, 0.3) is 0 Å². The van der Waals surface area contributed by atoms with Gasteiger partial charge in [-0.25, -0.2) is 0 Å². The van der Waals surface area contributed by atoms with E-state index in [2.05, 4.69) is 0 Å². The van der Waals surface area contributed by atoms with Crippen molar-refractivity contribution in [3.8, 4) is 0 Å². The summed E-state index contributed by atoms with van der Waals surface area (Å²) in [4.78, 5) is 37.5. The van der Waals surface area contributed by atoms with Gasteiger partial charge in [-0.2, -0.15) is 26.3 Å². The molecule has 0 saturated heterocycles. The Balaban J connectivity index is 0.000000175. The summed E-state index contributed by atoms with van der Waals surface area (Å²) in [5, 5.41) is 11.0. The van der Waals surface area contributed by atoms with Crippen molar-refractivity contribution in [2.75, 3.05) is 15.5 Å². The molecule has 0 radical (unpaired) electrons. The number of benzene rings is 4. The second-order valence-corrected chi connectivity index (χ2v) is 9.83. The van der Waals surface area contributed by atoms with Crippen molar-refractivity contribution in [1.82, 2.24) is 0 Å². The van der Waals surface area contributed by atoms with Crippen LogP contribution < -0.4 is 15.5 Å². The van der Waals surface area contributed by atoms with Gasteiger partial charge < -0.3 is 15.5 Å². The van der Waals surface area contributed by atoms with E-state index in [0.717, 1.165) is 34.7 Å². The van der Waals surface area contributed by atoms with E-state index in [1.54, 1.807) is 24.3 Å². The fraction of sp³-hybridized carbons (Fsp3) is 0.133. The normalized spacial score (nSPS) is 14.2. The van der Waals surface area contributed by atoms with Gasteiger partial charge >= 0.3 is 12.4 Å². The first-order valence-corrected chi connectivity index (χ1v) is 12.8. The largest absolute Gasteiger partial charge is 0.416 e. The van der Waals surface area contributed by atoms with Gasteiger partial charge in [-0.15, -0.1) is 0 Å². The molecule has 44 heavy (non-hydrogen) atoms. The van der Waals surface area contributed by atoms with Crippen LogP contribution in [0.1, 0.15) is 43.0 Å². The van der Waals surface area contributed by atoms with Gasteiger partial charge in [0.2, 0.25) is 0 Å². The number of halogens is 6. The molecule has 0 fully saturated rings. The second-order valence-electron chi connectivity index (χ2n) is 9.83. The van der Waals surface area contributed by atoms with E-state index in [1.807, 2.05) is 0 Å². The number of alkyl halides is 6. The third-order valence-electron chi connectivity index (χ3n) is 7.05. The first-order valence-electron chi connectivity index (χ1n) is 12.8. The van der Waals surface area contributed by atoms with Crippen molar-refractivity contribution in [2.45, 2.75) is 25.4 Å². The SMILES string of the molecule is Nc1cccc2c1C(=O)N(c1cccc(C(F)(F)F)c1)C2.O=C1c2c(cccc2[N+](=O)[O-])CN1c1cccc(C(F)(F)F)c1. The number of nitrogen functional groups attached to an aromatic ring is 1. The van der Waals surface area contributed by atoms with Gasteiger partial charge in [-0.3, -0.25) is 19.7 Å². The predicted molar refractivity (Wildman–Crippen MR) is 148 cm³/mol. The van der Waals surface area contributed by atoms with Gasteiger partial charge in [-0.1, -0.05) is 36.4 Å². The topological polar surface area (TPSA) is 110 Å². The molecule has 226 valence electrons. The molecule has 4 aromatic rings. The fourth-order valence-electron chi connectivity index (χ4n) is 5.00. The van der Waals surface area contributed by atoms with E-state index in [9.17, 15) is 46.0 Å². The Bertz CT molecular complexity index is 1810. The highest BCUT2D eigenvalue weighted by atomic mass is 19.4. The highest BCUT2D eigenvalue weighted by Crippen LogP contribution is 2.38. The molecule has 4 aromatic carbocycles. The number of amides is 2. The second kappa shape index (κ2) is 11.0. The van der Waals surface area contributed by atoms with E-state index in [1.165, 1.54) is 41.3 Å². The zero-order valence-corrected chi connectivity index (χ0v) is 22.3. The molecule has 6 rings (SSSR count). The lowest BCUT2D eigenvalue weighted by Crippen LogP contribution is -2.23. The summed E-state index contributed by atoms with van der Waals surface area (Å²) < 4.78 is 76.6. The molecule has 2 heterocycles. The Morgan fingerprint density at radius 2 is 1.09 bits per heavy atom. The molecule has 8 nitrogen and oxygen atoms in total. The van der Waals surface area contributed by atoms with Gasteiger partial charge in [0.15, 0.2) is 0 Å². The van der Waals surface area contributed by atoms with Crippen LogP contribution in [0.2, 0.25) is 0 Å². The average molecular weight is 615 g/mol. The molecular formula is C30H20F6N4O4. The highest BCUT2D eigenvalue weighted by molar-refractivity contribution is 6.13. The molecule has 0 spiro atoms. The first-order chi connectivity index (χ1) is 20.7. The number of nitro benzene ring substituents is 1. The Hall–Kier alpha value is -5.40. The number of anilines is 3. The van der Waals surface area contributed by atoms with Crippen LogP contribution in [0.3, 0.4) is 0 Å². The summed E-state index contributed by atoms with van der Waals surface area (Å²) in [6.07, 6.45) is -8.97. The molecule has 2 N–H and O–H groups in total. The zero-order chi connectivity index (χ0) is 32.0. The Kier molecular flexibility index (Phi) is 7.53. The number of carbonyl (C=O) groups excluding carboxylic acids is 2. The molecular weight excluding hydrogens is 594 g/mol. The molecule has 2 aliphatic rings. The number of nitrogens with two attached hydrogens (primary N) is 1. The standard InChI is InChI=1S/C15H9F3N2O3.C15H11F3N2O/c16-15(17,18)10-4-2-5-11(7-10)19-8-9-3-1-6-12(20(22)23)13(9)14(19)21;16-15(17,18)10-4-2-5-11(7-10)20-8-9-3-1-6-12(19)13(9)14(20)21/h1-7H,8H2;1-7H,8,19H2. The molecule has 0 saturated carbocycles. The third kappa shape index (κ3) is 5.65. The quantitative estimate of drug-likeness (QED) is 0.113. The maximum Gasteiger partial charge on any atom is 0.416 e. The number of hydrogen-bond acceptors (Lipinski definition) is 5. The molecule has 0 aliphatic carbocycles.